The number of sulfone groups is 1. The van der Waals surface area contributed by atoms with Crippen molar-refractivity contribution in [1.82, 2.24) is 0 Å². The minimum atomic E-state index is -3.06. The summed E-state index contributed by atoms with van der Waals surface area (Å²) in [6, 6.07) is 5.03. The van der Waals surface area contributed by atoms with Crippen LogP contribution in [0.1, 0.15) is 16.8 Å². The molecule has 0 unspecified atom stereocenters. The molecule has 0 saturated carbocycles. The number of carbonyl (C=O) groups excluding carboxylic acids is 2. The van der Waals surface area contributed by atoms with Crippen molar-refractivity contribution >= 4 is 43.1 Å². The highest BCUT2D eigenvalue weighted by Crippen LogP contribution is 2.31. The van der Waals surface area contributed by atoms with E-state index in [2.05, 4.69) is 15.9 Å². The maximum atomic E-state index is 11.8. The van der Waals surface area contributed by atoms with Crippen molar-refractivity contribution in [2.24, 2.45) is 0 Å². The van der Waals surface area contributed by atoms with Crippen LogP contribution in [0.25, 0.3) is 0 Å². The maximum absolute atomic E-state index is 11.8. The molecular weight excluding hydrogens is 334 g/mol. The lowest BCUT2D eigenvalue weighted by Gasteiger charge is -2.15. The van der Waals surface area contributed by atoms with Gasteiger partial charge in [0, 0.05) is 17.3 Å². The van der Waals surface area contributed by atoms with Crippen molar-refractivity contribution < 1.29 is 18.0 Å². The summed E-state index contributed by atoms with van der Waals surface area (Å²) in [5, 5.41) is 0. The average molecular weight is 346 g/mol. The number of ketones is 1. The Morgan fingerprint density at radius 3 is 2.58 bits per heavy atom. The van der Waals surface area contributed by atoms with Gasteiger partial charge < -0.3 is 4.90 Å². The van der Waals surface area contributed by atoms with Gasteiger partial charge in [-0.1, -0.05) is 15.9 Å². The summed E-state index contributed by atoms with van der Waals surface area (Å²) in [5.41, 5.74) is 0.908. The van der Waals surface area contributed by atoms with E-state index >= 15 is 0 Å². The molecule has 2 rings (SSSR count). The van der Waals surface area contributed by atoms with Gasteiger partial charge in [-0.15, -0.1) is 0 Å². The molecule has 7 heteroatoms. The second-order valence-corrected chi connectivity index (χ2v) is 7.61. The summed E-state index contributed by atoms with van der Waals surface area (Å²) in [4.78, 5) is 25.0. The molecule has 1 heterocycles. The number of amides is 1. The van der Waals surface area contributed by atoms with Gasteiger partial charge in [0.1, 0.15) is 9.84 Å². The number of carbonyl (C=O) groups is 2. The number of fused-ring (bicyclic) bond motifs is 1. The number of hydrogen-bond donors (Lipinski definition) is 0. The van der Waals surface area contributed by atoms with E-state index in [0.717, 1.165) is 10.7 Å². The van der Waals surface area contributed by atoms with Crippen molar-refractivity contribution in [2.45, 2.75) is 6.42 Å². The molecule has 0 aromatic heterocycles. The molecule has 1 aromatic carbocycles. The van der Waals surface area contributed by atoms with Crippen LogP contribution in [0.3, 0.4) is 0 Å². The van der Waals surface area contributed by atoms with Gasteiger partial charge >= 0.3 is 0 Å². The third-order valence-corrected chi connectivity index (χ3v) is 4.35. The van der Waals surface area contributed by atoms with Crippen LogP contribution in [0, 0.1) is 0 Å². The highest BCUT2D eigenvalue weighted by Gasteiger charge is 2.35. The smallest absolute Gasteiger partial charge is 0.299 e. The molecule has 19 heavy (non-hydrogen) atoms. The Labute approximate surface area is 119 Å². The zero-order valence-electron chi connectivity index (χ0n) is 10.2. The fourth-order valence-electron chi connectivity index (χ4n) is 1.98. The summed E-state index contributed by atoms with van der Waals surface area (Å²) < 4.78 is 22.9. The van der Waals surface area contributed by atoms with Crippen LogP contribution in [0.5, 0.6) is 0 Å². The van der Waals surface area contributed by atoms with Gasteiger partial charge in [0.25, 0.3) is 11.7 Å². The second kappa shape index (κ2) is 5.05. The van der Waals surface area contributed by atoms with Gasteiger partial charge in [-0.3, -0.25) is 9.59 Å². The number of benzene rings is 1. The highest BCUT2D eigenvalue weighted by molar-refractivity contribution is 9.10. The lowest BCUT2D eigenvalue weighted by atomic mass is 10.1. The van der Waals surface area contributed by atoms with Crippen LogP contribution >= 0.6 is 15.9 Å². The molecule has 0 N–H and O–H groups in total. The molecule has 0 aliphatic carbocycles. The number of nitrogens with zero attached hydrogens (tertiary/aromatic N) is 1. The fraction of sp³-hybridized carbons (Fsp3) is 0.333. The Morgan fingerprint density at radius 1 is 1.26 bits per heavy atom. The number of halogens is 1. The Bertz CT molecular complexity index is 654. The summed E-state index contributed by atoms with van der Waals surface area (Å²) in [6.07, 6.45) is 1.46. The predicted octanol–water partition coefficient (Wildman–Crippen LogP) is 1.41. The first-order valence-corrected chi connectivity index (χ1v) is 8.48. The van der Waals surface area contributed by atoms with Gasteiger partial charge in [-0.05, 0) is 24.6 Å². The third-order valence-electron chi connectivity index (χ3n) is 2.83. The number of Topliss-reactive ketones (excluding diaryl/α,β-unsaturated/α-hetero) is 1. The first kappa shape index (κ1) is 14.2. The molecule has 0 bridgehead atoms. The lowest BCUT2D eigenvalue weighted by Crippen LogP contribution is -2.31. The first-order valence-electron chi connectivity index (χ1n) is 5.63. The molecule has 0 radical (unpaired) electrons. The van der Waals surface area contributed by atoms with Gasteiger partial charge in [0.15, 0.2) is 0 Å². The van der Waals surface area contributed by atoms with Gasteiger partial charge in [0.05, 0.1) is 17.0 Å². The van der Waals surface area contributed by atoms with E-state index in [1.54, 1.807) is 18.2 Å². The molecular formula is C12H12BrNO4S. The number of rotatable bonds is 4. The minimum Gasteiger partial charge on any atom is -0.305 e. The van der Waals surface area contributed by atoms with E-state index < -0.39 is 21.5 Å². The first-order chi connectivity index (χ1) is 8.79. The zero-order chi connectivity index (χ0) is 14.2. The van der Waals surface area contributed by atoms with E-state index in [1.165, 1.54) is 4.90 Å². The molecule has 5 nitrogen and oxygen atoms in total. The van der Waals surface area contributed by atoms with Gasteiger partial charge in [0.2, 0.25) is 0 Å². The molecule has 0 saturated heterocycles. The summed E-state index contributed by atoms with van der Waals surface area (Å²) in [5.74, 6) is -1.14. The number of anilines is 1. The fourth-order valence-corrected chi connectivity index (χ4v) is 2.99. The molecule has 0 spiro atoms. The molecule has 1 amide bonds. The van der Waals surface area contributed by atoms with Crippen molar-refractivity contribution in [3.05, 3.63) is 28.2 Å². The molecule has 1 aliphatic heterocycles. The average Bonchev–Trinajstić information content (AvgIpc) is 2.53. The SMILES string of the molecule is CS(=O)(=O)CCCN1C(=O)C(=O)c2cc(Br)ccc21. The quantitative estimate of drug-likeness (QED) is 0.773. The van der Waals surface area contributed by atoms with Crippen LogP contribution in [-0.2, 0) is 14.6 Å². The molecule has 0 fully saturated rings. The van der Waals surface area contributed by atoms with E-state index in [9.17, 15) is 18.0 Å². The zero-order valence-corrected chi connectivity index (χ0v) is 12.6. The van der Waals surface area contributed by atoms with Gasteiger partial charge in [-0.25, -0.2) is 8.42 Å². The van der Waals surface area contributed by atoms with E-state index in [-0.39, 0.29) is 12.3 Å². The standard InChI is InChI=1S/C12H12BrNO4S/c1-19(17,18)6-2-5-14-10-4-3-8(13)7-9(10)11(15)12(14)16/h3-4,7H,2,5-6H2,1H3. The van der Waals surface area contributed by atoms with Crippen LogP contribution in [0.15, 0.2) is 22.7 Å². The Hall–Kier alpha value is -1.21. The Morgan fingerprint density at radius 2 is 1.95 bits per heavy atom. The third kappa shape index (κ3) is 3.03. The second-order valence-electron chi connectivity index (χ2n) is 4.43. The normalized spacial score (nSPS) is 14.9. The largest absolute Gasteiger partial charge is 0.305 e. The maximum Gasteiger partial charge on any atom is 0.299 e. The molecule has 102 valence electrons. The van der Waals surface area contributed by atoms with E-state index in [4.69, 9.17) is 0 Å². The van der Waals surface area contributed by atoms with Crippen molar-refractivity contribution in [2.75, 3.05) is 23.5 Å². The van der Waals surface area contributed by atoms with Crippen molar-refractivity contribution in [1.29, 1.82) is 0 Å². The van der Waals surface area contributed by atoms with Crippen molar-refractivity contribution in [3.8, 4) is 0 Å². The van der Waals surface area contributed by atoms with E-state index in [0.29, 0.717) is 17.7 Å². The number of hydrogen-bond acceptors (Lipinski definition) is 4. The Balaban J connectivity index is 2.20. The monoisotopic (exact) mass is 345 g/mol. The van der Waals surface area contributed by atoms with Crippen LogP contribution < -0.4 is 4.90 Å². The Kier molecular flexibility index (Phi) is 3.78. The topological polar surface area (TPSA) is 71.5 Å². The van der Waals surface area contributed by atoms with Crippen LogP contribution in [0.4, 0.5) is 5.69 Å². The predicted molar refractivity (Wildman–Crippen MR) is 75.2 cm³/mol. The highest BCUT2D eigenvalue weighted by atomic mass is 79.9. The lowest BCUT2D eigenvalue weighted by molar-refractivity contribution is -0.114. The van der Waals surface area contributed by atoms with Crippen LogP contribution in [0.2, 0.25) is 0 Å². The molecule has 0 atom stereocenters. The minimum absolute atomic E-state index is 0.00314. The summed E-state index contributed by atoms with van der Waals surface area (Å²) in [6.45, 7) is 0.228. The van der Waals surface area contributed by atoms with Gasteiger partial charge in [-0.2, -0.15) is 0 Å². The molecule has 1 aliphatic rings. The summed E-state index contributed by atoms with van der Waals surface area (Å²) in [7, 11) is -3.06. The summed E-state index contributed by atoms with van der Waals surface area (Å²) >= 11 is 3.25. The molecule has 1 aromatic rings. The van der Waals surface area contributed by atoms with Crippen LogP contribution in [-0.4, -0.2) is 38.7 Å². The van der Waals surface area contributed by atoms with Crippen molar-refractivity contribution in [3.63, 3.8) is 0 Å². The van der Waals surface area contributed by atoms with E-state index in [1.807, 2.05) is 0 Å².